The zero-order valence-corrected chi connectivity index (χ0v) is 14.7. The van der Waals surface area contributed by atoms with Crippen molar-refractivity contribution < 1.29 is 4.79 Å². The molecule has 0 radical (unpaired) electrons. The molecule has 6 nitrogen and oxygen atoms in total. The van der Waals surface area contributed by atoms with Crippen molar-refractivity contribution in [1.29, 1.82) is 0 Å². The summed E-state index contributed by atoms with van der Waals surface area (Å²) in [6.45, 7) is 4.09. The van der Waals surface area contributed by atoms with Gasteiger partial charge in [0.05, 0.1) is 5.39 Å². The predicted octanol–water partition coefficient (Wildman–Crippen LogP) is 1.79. The third kappa shape index (κ3) is 3.73. The van der Waals surface area contributed by atoms with Crippen molar-refractivity contribution in [1.82, 2.24) is 15.3 Å². The van der Waals surface area contributed by atoms with Crippen LogP contribution in [0.1, 0.15) is 19.8 Å². The average molecular weight is 356 g/mol. The minimum absolute atomic E-state index is 0. The third-order valence-electron chi connectivity index (χ3n) is 4.10. The van der Waals surface area contributed by atoms with E-state index in [-0.39, 0.29) is 24.4 Å². The lowest BCUT2D eigenvalue weighted by molar-refractivity contribution is -0.122. The summed E-state index contributed by atoms with van der Waals surface area (Å²) in [5.41, 5.74) is 5.60. The predicted molar refractivity (Wildman–Crippen MR) is 96.3 cm³/mol. The summed E-state index contributed by atoms with van der Waals surface area (Å²) >= 11 is 1.59. The summed E-state index contributed by atoms with van der Waals surface area (Å²) in [4.78, 5) is 24.3. The van der Waals surface area contributed by atoms with Gasteiger partial charge in [0.1, 0.15) is 23.0 Å². The van der Waals surface area contributed by atoms with Crippen LogP contribution in [0.15, 0.2) is 17.8 Å². The zero-order valence-electron chi connectivity index (χ0n) is 13.1. The van der Waals surface area contributed by atoms with Crippen molar-refractivity contribution in [2.75, 3.05) is 24.5 Å². The molecule has 1 aliphatic rings. The smallest absolute Gasteiger partial charge is 0.242 e. The molecule has 0 saturated carbocycles. The first-order valence-electron chi connectivity index (χ1n) is 7.63. The maximum Gasteiger partial charge on any atom is 0.242 e. The van der Waals surface area contributed by atoms with Crippen molar-refractivity contribution in [2.45, 2.75) is 25.8 Å². The molecule has 1 aliphatic heterocycles. The summed E-state index contributed by atoms with van der Waals surface area (Å²) in [6, 6.07) is 1.88. The largest absolute Gasteiger partial charge is 0.354 e. The van der Waals surface area contributed by atoms with E-state index in [2.05, 4.69) is 20.2 Å². The first-order valence-corrected chi connectivity index (χ1v) is 8.51. The van der Waals surface area contributed by atoms with Gasteiger partial charge < -0.3 is 16.0 Å². The van der Waals surface area contributed by atoms with E-state index in [1.165, 1.54) is 0 Å². The van der Waals surface area contributed by atoms with Crippen LogP contribution in [-0.2, 0) is 4.79 Å². The van der Waals surface area contributed by atoms with E-state index in [9.17, 15) is 4.79 Å². The minimum atomic E-state index is -0.150. The SMILES string of the molecule is CC(CN)CNC(=O)C1CCCN1c1ncnc2sccc12.Cl. The Morgan fingerprint density at radius 2 is 2.39 bits per heavy atom. The van der Waals surface area contributed by atoms with Crippen LogP contribution in [0.3, 0.4) is 0 Å². The summed E-state index contributed by atoms with van der Waals surface area (Å²) in [5, 5.41) is 6.06. The molecule has 2 aromatic heterocycles. The molecule has 0 aromatic carbocycles. The first-order chi connectivity index (χ1) is 10.7. The maximum absolute atomic E-state index is 12.5. The monoisotopic (exact) mass is 355 g/mol. The fourth-order valence-corrected chi connectivity index (χ4v) is 3.50. The number of carbonyl (C=O) groups is 1. The molecular weight excluding hydrogens is 334 g/mol. The quantitative estimate of drug-likeness (QED) is 0.854. The van der Waals surface area contributed by atoms with E-state index >= 15 is 0 Å². The lowest BCUT2D eigenvalue weighted by Gasteiger charge is -2.25. The number of anilines is 1. The van der Waals surface area contributed by atoms with E-state index < -0.39 is 0 Å². The van der Waals surface area contributed by atoms with Crippen LogP contribution in [0.4, 0.5) is 5.82 Å². The fraction of sp³-hybridized carbons (Fsp3) is 0.533. The summed E-state index contributed by atoms with van der Waals surface area (Å²) in [7, 11) is 0. The maximum atomic E-state index is 12.5. The Kier molecular flexibility index (Phi) is 6.15. The third-order valence-corrected chi connectivity index (χ3v) is 4.92. The molecule has 1 saturated heterocycles. The Labute approximate surface area is 145 Å². The second-order valence-corrected chi connectivity index (χ2v) is 6.67. The van der Waals surface area contributed by atoms with Crippen LogP contribution < -0.4 is 16.0 Å². The molecule has 126 valence electrons. The van der Waals surface area contributed by atoms with Gasteiger partial charge in [-0.1, -0.05) is 6.92 Å². The van der Waals surface area contributed by atoms with Crippen LogP contribution in [-0.4, -0.2) is 41.6 Å². The molecule has 1 amide bonds. The number of hydrogen-bond acceptors (Lipinski definition) is 6. The standard InChI is InChI=1S/C15H21N5OS.ClH/c1-10(7-16)8-17-14(21)12-3-2-5-20(12)13-11-4-6-22-15(11)19-9-18-13;/h4,6,9-10,12H,2-3,5,7-8,16H2,1H3,(H,17,21);1H. The van der Waals surface area contributed by atoms with Gasteiger partial charge in [0.25, 0.3) is 0 Å². The van der Waals surface area contributed by atoms with Gasteiger partial charge in [-0.15, -0.1) is 23.7 Å². The van der Waals surface area contributed by atoms with Crippen LogP contribution in [0.25, 0.3) is 10.2 Å². The first kappa shape index (κ1) is 17.9. The number of aromatic nitrogens is 2. The van der Waals surface area contributed by atoms with E-state index in [0.29, 0.717) is 19.0 Å². The van der Waals surface area contributed by atoms with Gasteiger partial charge in [-0.3, -0.25) is 4.79 Å². The Balaban J connectivity index is 0.00000192. The number of fused-ring (bicyclic) bond motifs is 1. The molecule has 3 rings (SSSR count). The fourth-order valence-electron chi connectivity index (χ4n) is 2.77. The van der Waals surface area contributed by atoms with Gasteiger partial charge in [0.2, 0.25) is 5.91 Å². The van der Waals surface area contributed by atoms with Gasteiger partial charge in [0.15, 0.2) is 0 Å². The van der Waals surface area contributed by atoms with Gasteiger partial charge in [-0.2, -0.15) is 0 Å². The van der Waals surface area contributed by atoms with Crippen molar-refractivity contribution in [2.24, 2.45) is 11.7 Å². The Bertz CT molecular complexity index is 664. The highest BCUT2D eigenvalue weighted by Gasteiger charge is 2.32. The molecule has 23 heavy (non-hydrogen) atoms. The number of rotatable bonds is 5. The number of nitrogens with one attached hydrogen (secondary N) is 1. The number of halogens is 1. The van der Waals surface area contributed by atoms with Gasteiger partial charge in [-0.05, 0) is 36.8 Å². The number of amides is 1. The van der Waals surface area contributed by atoms with E-state index in [1.54, 1.807) is 17.7 Å². The van der Waals surface area contributed by atoms with Crippen molar-refractivity contribution in [3.05, 3.63) is 17.8 Å². The lowest BCUT2D eigenvalue weighted by Crippen LogP contribution is -2.45. The molecule has 3 N–H and O–H groups in total. The highest BCUT2D eigenvalue weighted by molar-refractivity contribution is 7.16. The number of thiophene rings is 1. The molecule has 0 bridgehead atoms. The van der Waals surface area contributed by atoms with Crippen LogP contribution in [0.5, 0.6) is 0 Å². The molecular formula is C15H22ClN5OS. The van der Waals surface area contributed by atoms with Gasteiger partial charge >= 0.3 is 0 Å². The molecule has 2 aromatic rings. The Morgan fingerprint density at radius 3 is 3.17 bits per heavy atom. The van der Waals surface area contributed by atoms with Crippen molar-refractivity contribution in [3.63, 3.8) is 0 Å². The normalized spacial score (nSPS) is 18.7. The Hall–Kier alpha value is -1.44. The average Bonchev–Trinajstić information content (AvgIpc) is 3.20. The molecule has 3 heterocycles. The van der Waals surface area contributed by atoms with Crippen molar-refractivity contribution >= 4 is 45.7 Å². The van der Waals surface area contributed by atoms with E-state index in [0.717, 1.165) is 35.4 Å². The highest BCUT2D eigenvalue weighted by Crippen LogP contribution is 2.31. The molecule has 2 atom stereocenters. The van der Waals surface area contributed by atoms with Crippen molar-refractivity contribution in [3.8, 4) is 0 Å². The van der Waals surface area contributed by atoms with Gasteiger partial charge in [-0.25, -0.2) is 9.97 Å². The topological polar surface area (TPSA) is 84.1 Å². The van der Waals surface area contributed by atoms with E-state index in [4.69, 9.17) is 5.73 Å². The van der Waals surface area contributed by atoms with Gasteiger partial charge in [0, 0.05) is 13.1 Å². The highest BCUT2D eigenvalue weighted by atomic mass is 35.5. The number of hydrogen-bond donors (Lipinski definition) is 2. The molecule has 2 unspecified atom stereocenters. The lowest BCUT2D eigenvalue weighted by atomic mass is 10.1. The minimum Gasteiger partial charge on any atom is -0.354 e. The molecule has 1 fully saturated rings. The van der Waals surface area contributed by atoms with Crippen LogP contribution in [0.2, 0.25) is 0 Å². The van der Waals surface area contributed by atoms with Crippen LogP contribution >= 0.6 is 23.7 Å². The molecule has 8 heteroatoms. The number of carbonyl (C=O) groups excluding carboxylic acids is 1. The second kappa shape index (κ2) is 7.90. The Morgan fingerprint density at radius 1 is 1.57 bits per heavy atom. The summed E-state index contributed by atoms with van der Waals surface area (Å²) in [6.07, 6.45) is 3.44. The molecule has 0 spiro atoms. The zero-order chi connectivity index (χ0) is 15.5. The number of nitrogens with zero attached hydrogens (tertiary/aromatic N) is 3. The summed E-state index contributed by atoms with van der Waals surface area (Å²) < 4.78 is 0. The summed E-state index contributed by atoms with van der Waals surface area (Å²) in [5.74, 6) is 1.23. The molecule has 0 aliphatic carbocycles. The second-order valence-electron chi connectivity index (χ2n) is 5.77. The number of nitrogens with two attached hydrogens (primary N) is 1. The van der Waals surface area contributed by atoms with Crippen LogP contribution in [0, 0.1) is 5.92 Å². The van der Waals surface area contributed by atoms with E-state index in [1.807, 2.05) is 18.4 Å².